The first-order chi connectivity index (χ1) is 16.3. The van der Waals surface area contributed by atoms with Crippen molar-refractivity contribution < 1.29 is 34.7 Å². The van der Waals surface area contributed by atoms with Crippen LogP contribution in [-0.2, 0) is 21.4 Å². The summed E-state index contributed by atoms with van der Waals surface area (Å²) < 4.78 is 96.0. The van der Waals surface area contributed by atoms with E-state index in [1.165, 1.54) is 25.4 Å². The molecule has 0 aliphatic heterocycles. The molecule has 13 heteroatoms. The van der Waals surface area contributed by atoms with Crippen molar-refractivity contribution in [3.63, 3.8) is 0 Å². The molecule has 0 saturated heterocycles. The molecule has 0 radical (unpaired) electrons. The van der Waals surface area contributed by atoms with E-state index in [1.54, 1.807) is 19.1 Å². The number of para-hydroxylation sites is 1. The van der Waals surface area contributed by atoms with Gasteiger partial charge in [-0.25, -0.2) is 9.19 Å². The lowest BCUT2D eigenvalue weighted by atomic mass is 10.1. The molecule has 2 N–H and O–H groups in total. The number of hydrogen-bond acceptors (Lipinski definition) is 6. The number of benzene rings is 1. The van der Waals surface area contributed by atoms with Gasteiger partial charge in [0, 0.05) is 16.6 Å². The van der Waals surface area contributed by atoms with Gasteiger partial charge in [0.05, 0.1) is 28.9 Å². The molecule has 1 atom stereocenters. The second-order valence-corrected chi connectivity index (χ2v) is 9.32. The van der Waals surface area contributed by atoms with Crippen LogP contribution in [0.4, 0.5) is 32.0 Å². The van der Waals surface area contributed by atoms with Gasteiger partial charge in [-0.15, -0.1) is 11.3 Å². The summed E-state index contributed by atoms with van der Waals surface area (Å²) in [6, 6.07) is 9.00. The maximum absolute atomic E-state index is 13.4. The molecule has 0 aliphatic carbocycles. The molecule has 0 saturated carbocycles. The number of aryl methyl sites for hydroxylation is 1. The van der Waals surface area contributed by atoms with Gasteiger partial charge in [-0.1, -0.05) is 12.1 Å². The van der Waals surface area contributed by atoms with E-state index in [9.17, 15) is 30.6 Å². The molecule has 1 aromatic carbocycles. The van der Waals surface area contributed by atoms with Crippen LogP contribution in [0.1, 0.15) is 16.0 Å². The second kappa shape index (κ2) is 10.3. The molecule has 2 aromatic heterocycles. The topological polar surface area (TPSA) is 75.1 Å². The Balaban J connectivity index is 2.04. The first-order valence-electron chi connectivity index (χ1n) is 9.65. The number of aromatic nitrogens is 1. The molecule has 3 aromatic rings. The summed E-state index contributed by atoms with van der Waals surface area (Å²) in [5, 5.41) is 9.96. The third-order valence-corrected chi connectivity index (χ3v) is 6.80. The quantitative estimate of drug-likeness (QED) is 0.258. The average Bonchev–Trinajstić information content (AvgIpc) is 3.27. The zero-order chi connectivity index (χ0) is 26.0. The van der Waals surface area contributed by atoms with Crippen LogP contribution in [0.2, 0.25) is 0 Å². The molecule has 0 amide bonds. The van der Waals surface area contributed by atoms with Crippen LogP contribution in [0.25, 0.3) is 16.1 Å². The Kier molecular flexibility index (Phi) is 7.82. The van der Waals surface area contributed by atoms with Crippen molar-refractivity contribution in [2.45, 2.75) is 24.3 Å². The van der Waals surface area contributed by atoms with Crippen molar-refractivity contribution in [1.82, 2.24) is 4.98 Å². The molecule has 3 rings (SSSR count). The van der Waals surface area contributed by atoms with Gasteiger partial charge < -0.3 is 5.32 Å². The minimum Gasteiger partial charge on any atom is -0.354 e. The third kappa shape index (κ3) is 6.35. The summed E-state index contributed by atoms with van der Waals surface area (Å²) in [4.78, 5) is 4.81. The lowest BCUT2D eigenvalue weighted by molar-refractivity contribution is -0.136. The Morgan fingerprint density at radius 3 is 2.43 bits per heavy atom. The SMILES string of the molecule is COS(=O)c1ncc(-c2ccc(/C(=C/C(=N)C(F)(F)F)Nc3ccccc3C(F)(F)F)s2)cc1C. The van der Waals surface area contributed by atoms with Crippen LogP contribution in [0.15, 0.2) is 59.8 Å². The van der Waals surface area contributed by atoms with Crippen LogP contribution >= 0.6 is 11.3 Å². The van der Waals surface area contributed by atoms with Gasteiger partial charge in [-0.05, 0) is 48.9 Å². The number of anilines is 1. The van der Waals surface area contributed by atoms with Crippen LogP contribution < -0.4 is 5.32 Å². The standard InChI is InChI=1S/C22H17F6N3O2S2/c1-12-9-13(11-30-20(12)35(32)33-2)17-7-8-18(34-17)16(10-19(29)22(26,27)28)31-15-6-4-3-5-14(15)21(23,24)25/h3-11,29,31H,1-2H3/b16-10-,29-19?. The molecule has 35 heavy (non-hydrogen) atoms. The Hall–Kier alpha value is -3.03. The maximum Gasteiger partial charge on any atom is 0.432 e. The normalized spacial score (nSPS) is 13.5. The minimum atomic E-state index is -5.00. The summed E-state index contributed by atoms with van der Waals surface area (Å²) in [5.74, 6) is 0. The molecule has 5 nitrogen and oxygen atoms in total. The molecule has 0 bridgehead atoms. The largest absolute Gasteiger partial charge is 0.432 e. The number of nitrogens with one attached hydrogen (secondary N) is 2. The van der Waals surface area contributed by atoms with E-state index < -0.39 is 40.4 Å². The van der Waals surface area contributed by atoms with E-state index in [1.807, 2.05) is 0 Å². The number of pyridine rings is 1. The van der Waals surface area contributed by atoms with Gasteiger partial charge >= 0.3 is 12.4 Å². The smallest absolute Gasteiger partial charge is 0.354 e. The van der Waals surface area contributed by atoms with E-state index in [4.69, 9.17) is 9.59 Å². The highest BCUT2D eigenvalue weighted by Gasteiger charge is 2.35. The maximum atomic E-state index is 13.4. The Morgan fingerprint density at radius 1 is 1.14 bits per heavy atom. The van der Waals surface area contributed by atoms with Crippen LogP contribution in [-0.4, -0.2) is 28.2 Å². The monoisotopic (exact) mass is 533 g/mol. The Bertz CT molecular complexity index is 1300. The van der Waals surface area contributed by atoms with Gasteiger partial charge in [-0.3, -0.25) is 9.59 Å². The summed E-state index contributed by atoms with van der Waals surface area (Å²) in [6.07, 6.45) is -7.90. The van der Waals surface area contributed by atoms with Gasteiger partial charge in [0.2, 0.25) is 11.1 Å². The van der Waals surface area contributed by atoms with E-state index in [-0.39, 0.29) is 15.6 Å². The summed E-state index contributed by atoms with van der Waals surface area (Å²) in [6.45, 7) is 1.66. The lowest BCUT2D eigenvalue weighted by Crippen LogP contribution is -2.20. The second-order valence-electron chi connectivity index (χ2n) is 7.05. The van der Waals surface area contributed by atoms with E-state index in [0.717, 1.165) is 29.5 Å². The van der Waals surface area contributed by atoms with Crippen molar-refractivity contribution in [3.05, 3.63) is 70.7 Å². The zero-order valence-corrected chi connectivity index (χ0v) is 19.7. The van der Waals surface area contributed by atoms with Crippen molar-refractivity contribution in [2.75, 3.05) is 12.4 Å². The van der Waals surface area contributed by atoms with E-state index in [0.29, 0.717) is 22.1 Å². The predicted octanol–water partition coefficient (Wildman–Crippen LogP) is 6.84. The van der Waals surface area contributed by atoms with Crippen molar-refractivity contribution in [2.24, 2.45) is 0 Å². The number of allylic oxidation sites excluding steroid dienone is 1. The van der Waals surface area contributed by atoms with Gasteiger partial charge in [0.15, 0.2) is 5.03 Å². The van der Waals surface area contributed by atoms with E-state index in [2.05, 4.69) is 10.3 Å². The fraction of sp³-hybridized carbons (Fsp3) is 0.182. The highest BCUT2D eigenvalue weighted by molar-refractivity contribution is 7.80. The van der Waals surface area contributed by atoms with Crippen molar-refractivity contribution >= 4 is 39.5 Å². The van der Waals surface area contributed by atoms with Crippen molar-refractivity contribution in [3.8, 4) is 10.4 Å². The van der Waals surface area contributed by atoms with Gasteiger partial charge in [-0.2, -0.15) is 26.3 Å². The first kappa shape index (κ1) is 26.6. The zero-order valence-electron chi connectivity index (χ0n) is 18.0. The lowest BCUT2D eigenvalue weighted by Gasteiger charge is -2.16. The molecule has 186 valence electrons. The van der Waals surface area contributed by atoms with Crippen LogP contribution in [0.5, 0.6) is 0 Å². The number of thiophene rings is 1. The van der Waals surface area contributed by atoms with E-state index >= 15 is 0 Å². The molecule has 0 spiro atoms. The third-order valence-electron chi connectivity index (χ3n) is 4.59. The molecule has 0 fully saturated rings. The molecule has 2 heterocycles. The Morgan fingerprint density at radius 2 is 1.83 bits per heavy atom. The van der Waals surface area contributed by atoms with Crippen molar-refractivity contribution in [1.29, 1.82) is 5.41 Å². The molecular weight excluding hydrogens is 516 g/mol. The molecular formula is C22H17F6N3O2S2. The van der Waals surface area contributed by atoms with Crippen LogP contribution in [0, 0.1) is 12.3 Å². The fourth-order valence-electron chi connectivity index (χ4n) is 2.97. The summed E-state index contributed by atoms with van der Waals surface area (Å²) >= 11 is -0.780. The number of rotatable bonds is 7. The number of alkyl halides is 6. The van der Waals surface area contributed by atoms with Gasteiger partial charge in [0.1, 0.15) is 5.71 Å². The average molecular weight is 534 g/mol. The molecule has 0 aliphatic rings. The number of hydrogen-bond donors (Lipinski definition) is 2. The highest BCUT2D eigenvalue weighted by Crippen LogP contribution is 2.38. The predicted molar refractivity (Wildman–Crippen MR) is 123 cm³/mol. The summed E-state index contributed by atoms with van der Waals surface area (Å²) in [5.41, 5.74) is -2.49. The first-order valence-corrected chi connectivity index (χ1v) is 11.5. The fourth-order valence-corrected chi connectivity index (χ4v) is 4.54. The number of nitrogens with zero attached hydrogens (tertiary/aromatic N) is 1. The molecule has 1 unspecified atom stereocenters. The number of halogens is 6. The Labute approximate surface area is 202 Å². The highest BCUT2D eigenvalue weighted by atomic mass is 32.2. The summed E-state index contributed by atoms with van der Waals surface area (Å²) in [7, 11) is 1.26. The van der Waals surface area contributed by atoms with Gasteiger partial charge in [0.25, 0.3) is 0 Å². The van der Waals surface area contributed by atoms with Crippen LogP contribution in [0.3, 0.4) is 0 Å². The minimum absolute atomic E-state index is 0.160.